The topological polar surface area (TPSA) is 96.0 Å². The van der Waals surface area contributed by atoms with Crippen molar-refractivity contribution >= 4 is 5.97 Å². The quantitative estimate of drug-likeness (QED) is 0.325. The minimum atomic E-state index is -0.795. The van der Waals surface area contributed by atoms with Crippen LogP contribution in [0.5, 0.6) is 11.5 Å². The summed E-state index contributed by atoms with van der Waals surface area (Å²) in [7, 11) is 3.08. The number of epoxide rings is 1. The van der Waals surface area contributed by atoms with Crippen molar-refractivity contribution in [3.8, 4) is 11.5 Å². The number of aryl methyl sites for hydroxylation is 1. The van der Waals surface area contributed by atoms with E-state index in [1.165, 1.54) is 7.11 Å². The Kier molecular flexibility index (Phi) is 6.24. The lowest BCUT2D eigenvalue weighted by Gasteiger charge is -2.30. The van der Waals surface area contributed by atoms with Gasteiger partial charge in [-0.2, -0.15) is 0 Å². The van der Waals surface area contributed by atoms with E-state index in [0.717, 1.165) is 5.56 Å². The van der Waals surface area contributed by atoms with Crippen LogP contribution in [0.1, 0.15) is 49.5 Å². The van der Waals surface area contributed by atoms with Crippen molar-refractivity contribution < 1.29 is 38.3 Å². The number of hydrogen-bond donors (Lipinski definition) is 1. The summed E-state index contributed by atoms with van der Waals surface area (Å²) in [5, 5.41) is 10.7. The van der Waals surface area contributed by atoms with Gasteiger partial charge in [-0.3, -0.25) is 0 Å². The van der Waals surface area contributed by atoms with Crippen LogP contribution in [0, 0.1) is 0 Å². The first-order valence-corrected chi connectivity index (χ1v) is 11.0. The maximum atomic E-state index is 13.2. The Balaban J connectivity index is 1.75. The second-order valence-electron chi connectivity index (χ2n) is 9.10. The number of cyclic esters (lactones) is 1. The Morgan fingerprint density at radius 3 is 2.69 bits per heavy atom. The number of rotatable bonds is 4. The molecule has 1 aromatic rings. The zero-order valence-corrected chi connectivity index (χ0v) is 19.3. The highest BCUT2D eigenvalue weighted by Crippen LogP contribution is 2.59. The summed E-state index contributed by atoms with van der Waals surface area (Å²) >= 11 is 0. The van der Waals surface area contributed by atoms with Gasteiger partial charge in [0.15, 0.2) is 6.79 Å². The highest BCUT2D eigenvalue weighted by atomic mass is 16.7. The highest BCUT2D eigenvalue weighted by Gasteiger charge is 2.75. The molecule has 2 bridgehead atoms. The summed E-state index contributed by atoms with van der Waals surface area (Å²) in [6.45, 7) is 5.76. The molecule has 32 heavy (non-hydrogen) atoms. The smallest absolute Gasteiger partial charge is 0.342 e. The van der Waals surface area contributed by atoms with Crippen molar-refractivity contribution in [1.29, 1.82) is 0 Å². The van der Waals surface area contributed by atoms with Crippen molar-refractivity contribution in [3.63, 3.8) is 0 Å². The third-order valence-corrected chi connectivity index (χ3v) is 6.63. The van der Waals surface area contributed by atoms with Gasteiger partial charge in [-0.05, 0) is 45.2 Å². The van der Waals surface area contributed by atoms with Gasteiger partial charge in [-0.1, -0.05) is 12.2 Å². The fourth-order valence-electron chi connectivity index (χ4n) is 4.82. The monoisotopic (exact) mass is 448 g/mol. The maximum Gasteiger partial charge on any atom is 0.342 e. The normalized spacial score (nSPS) is 33.5. The molecule has 1 aromatic carbocycles. The number of ether oxygens (including phenoxy) is 6. The predicted molar refractivity (Wildman–Crippen MR) is 115 cm³/mol. The molecule has 176 valence electrons. The number of methoxy groups -OCH3 is 2. The van der Waals surface area contributed by atoms with Gasteiger partial charge >= 0.3 is 5.97 Å². The number of esters is 1. The predicted octanol–water partition coefficient (Wildman–Crippen LogP) is 2.79. The van der Waals surface area contributed by atoms with Gasteiger partial charge < -0.3 is 33.5 Å². The molecule has 2 unspecified atom stereocenters. The van der Waals surface area contributed by atoms with Gasteiger partial charge in [-0.25, -0.2) is 4.79 Å². The third kappa shape index (κ3) is 4.01. The van der Waals surface area contributed by atoms with E-state index < -0.39 is 35.5 Å². The van der Waals surface area contributed by atoms with Gasteiger partial charge in [0, 0.05) is 19.6 Å². The van der Waals surface area contributed by atoms with E-state index in [1.807, 2.05) is 32.9 Å². The Labute approximate surface area is 188 Å². The van der Waals surface area contributed by atoms with E-state index in [1.54, 1.807) is 19.3 Å². The first-order chi connectivity index (χ1) is 15.2. The molecule has 2 fully saturated rings. The molecule has 0 spiro atoms. The number of hydrogen-bond acceptors (Lipinski definition) is 8. The van der Waals surface area contributed by atoms with Crippen molar-refractivity contribution in [2.75, 3.05) is 21.0 Å². The molecule has 0 amide bonds. The van der Waals surface area contributed by atoms with E-state index in [4.69, 9.17) is 28.4 Å². The van der Waals surface area contributed by atoms with Gasteiger partial charge in [0.2, 0.25) is 0 Å². The molecule has 0 aromatic heterocycles. The molecule has 3 heterocycles. The summed E-state index contributed by atoms with van der Waals surface area (Å²) < 4.78 is 34.3. The van der Waals surface area contributed by atoms with Crippen LogP contribution in [0.15, 0.2) is 24.3 Å². The summed E-state index contributed by atoms with van der Waals surface area (Å²) in [6.07, 6.45) is 3.24. The van der Waals surface area contributed by atoms with Gasteiger partial charge in [0.25, 0.3) is 0 Å². The van der Waals surface area contributed by atoms with Crippen LogP contribution in [-0.4, -0.2) is 67.7 Å². The van der Waals surface area contributed by atoms with E-state index in [0.29, 0.717) is 36.3 Å². The van der Waals surface area contributed by atoms with Crippen LogP contribution in [0.4, 0.5) is 0 Å². The Morgan fingerprint density at radius 2 is 2.00 bits per heavy atom. The molecule has 3 aliphatic heterocycles. The average Bonchev–Trinajstić information content (AvgIpc) is 3.44. The van der Waals surface area contributed by atoms with Crippen molar-refractivity contribution in [1.82, 2.24) is 0 Å². The van der Waals surface area contributed by atoms with E-state index >= 15 is 0 Å². The second kappa shape index (κ2) is 8.67. The number of carbonyl (C=O) groups is 1. The van der Waals surface area contributed by atoms with E-state index in [2.05, 4.69) is 0 Å². The van der Waals surface area contributed by atoms with Gasteiger partial charge in [0.1, 0.15) is 47.1 Å². The number of benzene rings is 1. The molecular weight excluding hydrogens is 416 g/mol. The molecule has 1 N–H and O–H groups in total. The van der Waals surface area contributed by atoms with E-state index in [9.17, 15) is 9.90 Å². The summed E-state index contributed by atoms with van der Waals surface area (Å²) in [4.78, 5) is 13.2. The Bertz CT molecular complexity index is 894. The SMILES string of the molecule is COCOc1cc(OC)cc2c1C(=O)O[C@@H](C)CC=CC(O)[C@H]1OC(C)(C)C3(CC2)O[C@H]13. The molecular formula is C24H32O8. The minimum absolute atomic E-state index is 0.0132. The standard InChI is InChI=1S/C24H32O8/c1-14-7-6-8-17(25)20-21-24(32-21,23(2,3)31-20)10-9-15-11-16(28-5)12-18(29-13-27-4)19(15)22(26)30-14/h6,8,11-12,14,17,20-21,25H,7,9-10,13H2,1-5H3/t14-,17?,20+,21+,24?/m0/s1. The van der Waals surface area contributed by atoms with Gasteiger partial charge in [0.05, 0.1) is 12.7 Å². The number of fused-ring (bicyclic) bond motifs is 1. The molecule has 8 nitrogen and oxygen atoms in total. The zero-order chi connectivity index (χ0) is 23.1. The first-order valence-electron chi connectivity index (χ1n) is 11.0. The summed E-state index contributed by atoms with van der Waals surface area (Å²) in [5.41, 5.74) is -0.0253. The zero-order valence-electron chi connectivity index (χ0n) is 19.3. The molecule has 4 rings (SSSR count). The lowest BCUT2D eigenvalue weighted by Crippen LogP contribution is -2.40. The molecule has 5 atom stereocenters. The molecule has 0 aliphatic carbocycles. The fraction of sp³-hybridized carbons (Fsp3) is 0.625. The second-order valence-corrected chi connectivity index (χ2v) is 9.10. The lowest BCUT2D eigenvalue weighted by atomic mass is 9.83. The van der Waals surface area contributed by atoms with Crippen molar-refractivity contribution in [3.05, 3.63) is 35.4 Å². The highest BCUT2D eigenvalue weighted by molar-refractivity contribution is 5.94. The molecule has 2 saturated heterocycles. The van der Waals surface area contributed by atoms with Crippen molar-refractivity contribution in [2.24, 2.45) is 0 Å². The molecule has 3 aliphatic rings. The number of carbonyl (C=O) groups excluding carboxylic acids is 1. The number of aliphatic hydroxyl groups is 1. The first kappa shape index (κ1) is 23.0. The van der Waals surface area contributed by atoms with Crippen LogP contribution < -0.4 is 9.47 Å². The van der Waals surface area contributed by atoms with Crippen LogP contribution >= 0.6 is 0 Å². The molecule has 0 saturated carbocycles. The largest absolute Gasteiger partial charge is 0.497 e. The number of aliphatic hydroxyl groups excluding tert-OH is 1. The van der Waals surface area contributed by atoms with Crippen LogP contribution in [0.3, 0.4) is 0 Å². The van der Waals surface area contributed by atoms with Crippen LogP contribution in [-0.2, 0) is 25.4 Å². The Morgan fingerprint density at radius 1 is 1.22 bits per heavy atom. The average molecular weight is 449 g/mol. The van der Waals surface area contributed by atoms with Gasteiger partial charge in [-0.15, -0.1) is 0 Å². The molecule has 0 radical (unpaired) electrons. The minimum Gasteiger partial charge on any atom is -0.497 e. The van der Waals surface area contributed by atoms with Crippen LogP contribution in [0.25, 0.3) is 0 Å². The van der Waals surface area contributed by atoms with Crippen molar-refractivity contribution in [2.45, 2.75) is 75.7 Å². The summed E-state index contributed by atoms with van der Waals surface area (Å²) in [5.74, 6) is 0.445. The van der Waals surface area contributed by atoms with Crippen LogP contribution in [0.2, 0.25) is 0 Å². The third-order valence-electron chi connectivity index (χ3n) is 6.63. The molecule has 8 heteroatoms. The Hall–Kier alpha value is -2.13. The van der Waals surface area contributed by atoms with E-state index in [-0.39, 0.29) is 12.9 Å². The fourth-order valence-corrected chi connectivity index (χ4v) is 4.82. The lowest BCUT2D eigenvalue weighted by molar-refractivity contribution is -0.133. The summed E-state index contributed by atoms with van der Waals surface area (Å²) in [6, 6.07) is 3.49. The maximum absolute atomic E-state index is 13.2.